The summed E-state index contributed by atoms with van der Waals surface area (Å²) < 4.78 is 5.28. The van der Waals surface area contributed by atoms with Crippen LogP contribution in [0, 0.1) is 6.92 Å². The predicted octanol–water partition coefficient (Wildman–Crippen LogP) is 3.85. The van der Waals surface area contributed by atoms with Crippen molar-refractivity contribution in [2.24, 2.45) is 0 Å². The Morgan fingerprint density at radius 1 is 1.25 bits per heavy atom. The van der Waals surface area contributed by atoms with Crippen LogP contribution in [0.3, 0.4) is 0 Å². The Kier molecular flexibility index (Phi) is 4.12. The summed E-state index contributed by atoms with van der Waals surface area (Å²) in [5.74, 6) is 1.36. The van der Waals surface area contributed by atoms with Gasteiger partial charge in [-0.1, -0.05) is 38.9 Å². The summed E-state index contributed by atoms with van der Waals surface area (Å²) in [6, 6.07) is 6.40. The summed E-state index contributed by atoms with van der Waals surface area (Å²) in [5.41, 5.74) is 3.67. The largest absolute Gasteiger partial charge is 0.378 e. The molecule has 1 N–H and O–H groups in total. The van der Waals surface area contributed by atoms with E-state index in [2.05, 4.69) is 68.3 Å². The molecule has 0 fully saturated rings. The lowest BCUT2D eigenvalue weighted by atomic mass is 9.97. The number of anilines is 1. The van der Waals surface area contributed by atoms with Gasteiger partial charge in [-0.2, -0.15) is 4.98 Å². The Morgan fingerprint density at radius 3 is 2.60 bits per heavy atom. The van der Waals surface area contributed by atoms with Gasteiger partial charge in [-0.05, 0) is 36.6 Å². The second-order valence-electron chi connectivity index (χ2n) is 6.11. The molecule has 0 unspecified atom stereocenters. The number of hydrogen-bond donors (Lipinski definition) is 1. The summed E-state index contributed by atoms with van der Waals surface area (Å²) in [5, 5.41) is 7.35. The second-order valence-corrected chi connectivity index (χ2v) is 6.11. The molecule has 0 saturated heterocycles. The van der Waals surface area contributed by atoms with E-state index in [4.69, 9.17) is 4.52 Å². The minimum Gasteiger partial charge on any atom is -0.378 e. The van der Waals surface area contributed by atoms with Crippen molar-refractivity contribution >= 4 is 5.69 Å². The van der Waals surface area contributed by atoms with Crippen LogP contribution in [0.15, 0.2) is 22.7 Å². The quantitative estimate of drug-likeness (QED) is 0.919. The fourth-order valence-electron chi connectivity index (χ4n) is 1.97. The lowest BCUT2D eigenvalue weighted by Crippen LogP contribution is -2.11. The van der Waals surface area contributed by atoms with Gasteiger partial charge in [0.05, 0.1) is 6.54 Å². The first-order chi connectivity index (χ1) is 9.40. The van der Waals surface area contributed by atoms with E-state index in [1.165, 1.54) is 11.1 Å². The van der Waals surface area contributed by atoms with E-state index >= 15 is 0 Å². The first kappa shape index (κ1) is 14.6. The SMILES string of the molecule is CCc1cc(NCc2noc(C(C)(C)C)n2)ccc1C. The third-order valence-corrected chi connectivity index (χ3v) is 3.29. The number of nitrogens with zero attached hydrogens (tertiary/aromatic N) is 2. The van der Waals surface area contributed by atoms with Crippen molar-refractivity contribution in [3.63, 3.8) is 0 Å². The maximum absolute atomic E-state index is 5.28. The number of hydrogen-bond acceptors (Lipinski definition) is 4. The smallest absolute Gasteiger partial charge is 0.232 e. The molecule has 0 radical (unpaired) electrons. The Morgan fingerprint density at radius 2 is 2.00 bits per heavy atom. The molecule has 1 aromatic heterocycles. The zero-order valence-corrected chi connectivity index (χ0v) is 12.9. The van der Waals surface area contributed by atoms with Crippen LogP contribution >= 0.6 is 0 Å². The van der Waals surface area contributed by atoms with Crippen LogP contribution in [0.2, 0.25) is 0 Å². The van der Waals surface area contributed by atoms with Gasteiger partial charge in [-0.15, -0.1) is 0 Å². The van der Waals surface area contributed by atoms with Gasteiger partial charge in [0.2, 0.25) is 5.89 Å². The van der Waals surface area contributed by atoms with E-state index < -0.39 is 0 Å². The summed E-state index contributed by atoms with van der Waals surface area (Å²) in [6.07, 6.45) is 1.04. The molecule has 0 spiro atoms. The zero-order chi connectivity index (χ0) is 14.8. The highest BCUT2D eigenvalue weighted by atomic mass is 16.5. The van der Waals surface area contributed by atoms with E-state index in [0.29, 0.717) is 18.3 Å². The van der Waals surface area contributed by atoms with E-state index in [0.717, 1.165) is 12.1 Å². The van der Waals surface area contributed by atoms with Crippen molar-refractivity contribution in [1.29, 1.82) is 0 Å². The topological polar surface area (TPSA) is 51.0 Å². The summed E-state index contributed by atoms with van der Waals surface area (Å²) in [6.45, 7) is 11.1. The molecule has 0 amide bonds. The molecule has 0 aliphatic rings. The molecule has 2 rings (SSSR count). The van der Waals surface area contributed by atoms with Crippen LogP contribution in [0.4, 0.5) is 5.69 Å². The molecular formula is C16H23N3O. The highest BCUT2D eigenvalue weighted by molar-refractivity contribution is 5.48. The molecule has 108 valence electrons. The number of aryl methyl sites for hydroxylation is 2. The van der Waals surface area contributed by atoms with Gasteiger partial charge in [0, 0.05) is 11.1 Å². The van der Waals surface area contributed by atoms with E-state index in [1.807, 2.05) is 0 Å². The van der Waals surface area contributed by atoms with Crippen molar-refractivity contribution in [2.75, 3.05) is 5.32 Å². The molecule has 4 heteroatoms. The monoisotopic (exact) mass is 273 g/mol. The molecule has 2 aromatic rings. The van der Waals surface area contributed by atoms with Crippen LogP contribution in [0.25, 0.3) is 0 Å². The maximum Gasteiger partial charge on any atom is 0.232 e. The molecule has 20 heavy (non-hydrogen) atoms. The Hall–Kier alpha value is -1.84. The average molecular weight is 273 g/mol. The average Bonchev–Trinajstić information content (AvgIpc) is 2.86. The van der Waals surface area contributed by atoms with Crippen LogP contribution in [0.5, 0.6) is 0 Å². The third kappa shape index (κ3) is 3.38. The van der Waals surface area contributed by atoms with Crippen molar-refractivity contribution < 1.29 is 4.52 Å². The van der Waals surface area contributed by atoms with Gasteiger partial charge in [-0.25, -0.2) is 0 Å². The molecular weight excluding hydrogens is 250 g/mol. The summed E-state index contributed by atoms with van der Waals surface area (Å²) >= 11 is 0. The first-order valence-corrected chi connectivity index (χ1v) is 7.06. The maximum atomic E-state index is 5.28. The molecule has 0 saturated carbocycles. The second kappa shape index (κ2) is 5.65. The zero-order valence-electron chi connectivity index (χ0n) is 12.9. The van der Waals surface area contributed by atoms with Crippen molar-refractivity contribution in [1.82, 2.24) is 10.1 Å². The van der Waals surface area contributed by atoms with Crippen molar-refractivity contribution in [3.8, 4) is 0 Å². The first-order valence-electron chi connectivity index (χ1n) is 7.06. The van der Waals surface area contributed by atoms with Crippen LogP contribution in [-0.4, -0.2) is 10.1 Å². The molecule has 4 nitrogen and oxygen atoms in total. The molecule has 0 aliphatic heterocycles. The summed E-state index contributed by atoms with van der Waals surface area (Å²) in [7, 11) is 0. The van der Waals surface area contributed by atoms with Crippen molar-refractivity contribution in [2.45, 2.75) is 53.0 Å². The highest BCUT2D eigenvalue weighted by Gasteiger charge is 2.21. The van der Waals surface area contributed by atoms with Gasteiger partial charge in [0.15, 0.2) is 5.82 Å². The fraction of sp³-hybridized carbons (Fsp3) is 0.500. The number of aromatic nitrogens is 2. The van der Waals surface area contributed by atoms with Crippen LogP contribution < -0.4 is 5.32 Å². The molecule has 0 atom stereocenters. The third-order valence-electron chi connectivity index (χ3n) is 3.29. The Balaban J connectivity index is 2.04. The predicted molar refractivity (Wildman–Crippen MR) is 80.9 cm³/mol. The normalized spacial score (nSPS) is 11.7. The van der Waals surface area contributed by atoms with Gasteiger partial charge >= 0.3 is 0 Å². The fourth-order valence-corrected chi connectivity index (χ4v) is 1.97. The molecule has 0 bridgehead atoms. The number of nitrogens with one attached hydrogen (secondary N) is 1. The van der Waals surface area contributed by atoms with E-state index in [-0.39, 0.29) is 5.41 Å². The van der Waals surface area contributed by atoms with Gasteiger partial charge in [0.1, 0.15) is 0 Å². The molecule has 0 aliphatic carbocycles. The molecule has 1 aromatic carbocycles. The van der Waals surface area contributed by atoms with Crippen molar-refractivity contribution in [3.05, 3.63) is 41.0 Å². The number of rotatable bonds is 4. The van der Waals surface area contributed by atoms with Crippen LogP contribution in [-0.2, 0) is 18.4 Å². The summed E-state index contributed by atoms with van der Waals surface area (Å²) in [4.78, 5) is 4.42. The van der Waals surface area contributed by atoms with Crippen LogP contribution in [0.1, 0.15) is 50.5 Å². The molecule has 1 heterocycles. The number of benzene rings is 1. The highest BCUT2D eigenvalue weighted by Crippen LogP contribution is 2.20. The minimum atomic E-state index is -0.107. The standard InChI is InChI=1S/C16H23N3O/c1-6-12-9-13(8-7-11(12)2)17-10-14-18-15(20-19-14)16(3,4)5/h7-9,17H,6,10H2,1-5H3. The lowest BCUT2D eigenvalue weighted by molar-refractivity contribution is 0.318. The van der Waals surface area contributed by atoms with E-state index in [1.54, 1.807) is 0 Å². The Labute approximate surface area is 120 Å². The minimum absolute atomic E-state index is 0.107. The van der Waals surface area contributed by atoms with Gasteiger partial charge in [-0.3, -0.25) is 0 Å². The van der Waals surface area contributed by atoms with E-state index in [9.17, 15) is 0 Å². The van der Waals surface area contributed by atoms with Gasteiger partial charge in [0.25, 0.3) is 0 Å². The Bertz CT molecular complexity index is 582. The lowest BCUT2D eigenvalue weighted by Gasteiger charge is -2.10. The van der Waals surface area contributed by atoms with Gasteiger partial charge < -0.3 is 9.84 Å².